The smallest absolute Gasteiger partial charge is 0.188 e. The Bertz CT molecular complexity index is 938. The molecular weight excluding hydrogens is 250 g/mol. The van der Waals surface area contributed by atoms with E-state index in [0.717, 1.165) is 27.6 Å². The molecule has 20 heavy (non-hydrogen) atoms. The van der Waals surface area contributed by atoms with Crippen LogP contribution in [-0.2, 0) is 0 Å². The number of rotatable bonds is 1. The third kappa shape index (κ3) is 1.49. The average molecular weight is 259 g/mol. The Kier molecular flexibility index (Phi) is 2.12. The van der Waals surface area contributed by atoms with Crippen LogP contribution in [0.1, 0.15) is 0 Å². The average Bonchev–Trinajstić information content (AvgIpc) is 3.09. The lowest BCUT2D eigenvalue weighted by molar-refractivity contribution is 1.11. The number of nitrogens with zero attached hydrogens (tertiary/aromatic N) is 3. The fourth-order valence-corrected chi connectivity index (χ4v) is 2.32. The molecular formula is C15H9N5. The fourth-order valence-electron chi connectivity index (χ4n) is 2.32. The second-order valence-electron chi connectivity index (χ2n) is 4.52. The molecule has 2 aromatic heterocycles. The Hall–Kier alpha value is -3.13. The third-order valence-electron chi connectivity index (χ3n) is 3.29. The Morgan fingerprint density at radius 2 is 1.95 bits per heavy atom. The maximum Gasteiger partial charge on any atom is 0.188 e. The van der Waals surface area contributed by atoms with Crippen LogP contribution in [0.4, 0.5) is 5.69 Å². The van der Waals surface area contributed by atoms with Crippen molar-refractivity contribution < 1.29 is 0 Å². The van der Waals surface area contributed by atoms with Crippen molar-refractivity contribution in [2.24, 2.45) is 0 Å². The number of fused-ring (bicyclic) bond motifs is 2. The number of aromatic amines is 2. The van der Waals surface area contributed by atoms with Gasteiger partial charge in [-0.1, -0.05) is 18.2 Å². The molecule has 94 valence electrons. The fraction of sp³-hybridized carbons (Fsp3) is 0. The van der Waals surface area contributed by atoms with E-state index in [1.54, 1.807) is 6.07 Å². The predicted molar refractivity (Wildman–Crippen MR) is 77.4 cm³/mol. The summed E-state index contributed by atoms with van der Waals surface area (Å²) in [4.78, 5) is 11.3. The van der Waals surface area contributed by atoms with E-state index in [1.165, 1.54) is 0 Å². The van der Waals surface area contributed by atoms with Gasteiger partial charge in [0, 0.05) is 5.39 Å². The van der Waals surface area contributed by atoms with E-state index >= 15 is 0 Å². The number of nitrogens with one attached hydrogen (secondary N) is 2. The summed E-state index contributed by atoms with van der Waals surface area (Å²) < 4.78 is 0. The van der Waals surface area contributed by atoms with Gasteiger partial charge in [-0.3, -0.25) is 5.10 Å². The normalized spacial score (nSPS) is 10.9. The minimum Gasteiger partial charge on any atom is -0.337 e. The highest BCUT2D eigenvalue weighted by Gasteiger charge is 2.12. The SMILES string of the molecule is [C-]#[N+]c1ccc2[nH]nc(-c3nc4ccccc4[nH]3)c2c1. The number of aromatic nitrogens is 4. The van der Waals surface area contributed by atoms with Gasteiger partial charge in [0.05, 0.1) is 23.1 Å². The van der Waals surface area contributed by atoms with Gasteiger partial charge in [-0.05, 0) is 24.3 Å². The van der Waals surface area contributed by atoms with Crippen LogP contribution in [0.3, 0.4) is 0 Å². The minimum absolute atomic E-state index is 0.594. The van der Waals surface area contributed by atoms with Crippen molar-refractivity contribution in [1.82, 2.24) is 20.2 Å². The summed E-state index contributed by atoms with van der Waals surface area (Å²) in [5.41, 5.74) is 4.10. The van der Waals surface area contributed by atoms with Crippen LogP contribution in [-0.4, -0.2) is 20.2 Å². The van der Waals surface area contributed by atoms with E-state index in [1.807, 2.05) is 36.4 Å². The summed E-state index contributed by atoms with van der Waals surface area (Å²) in [7, 11) is 0. The lowest BCUT2D eigenvalue weighted by atomic mass is 10.2. The Morgan fingerprint density at radius 3 is 2.80 bits per heavy atom. The van der Waals surface area contributed by atoms with Crippen LogP contribution in [0.25, 0.3) is 38.3 Å². The molecule has 0 amide bonds. The molecule has 0 aliphatic heterocycles. The van der Waals surface area contributed by atoms with Gasteiger partial charge in [0.15, 0.2) is 11.5 Å². The maximum absolute atomic E-state index is 7.11. The van der Waals surface area contributed by atoms with Crippen LogP contribution >= 0.6 is 0 Å². The first kappa shape index (κ1) is 10.8. The topological polar surface area (TPSA) is 61.7 Å². The molecule has 5 heteroatoms. The lowest BCUT2D eigenvalue weighted by Crippen LogP contribution is -1.81. The molecule has 0 aliphatic rings. The highest BCUT2D eigenvalue weighted by atomic mass is 15.1. The molecule has 0 aliphatic carbocycles. The number of imidazole rings is 1. The molecule has 0 fully saturated rings. The van der Waals surface area contributed by atoms with Crippen LogP contribution in [0.2, 0.25) is 0 Å². The number of H-pyrrole nitrogens is 2. The van der Waals surface area contributed by atoms with Gasteiger partial charge in [0.25, 0.3) is 0 Å². The standard InChI is InChI=1S/C15H9N5/c1-16-9-6-7-11-10(8-9)14(20-19-11)15-17-12-4-2-3-5-13(12)18-15/h2-8H,(H,17,18)(H,19,20). The Balaban J connectivity index is 1.99. The zero-order chi connectivity index (χ0) is 13.5. The molecule has 4 rings (SSSR count). The molecule has 0 spiro atoms. The third-order valence-corrected chi connectivity index (χ3v) is 3.29. The Labute approximate surface area is 114 Å². The van der Waals surface area contributed by atoms with E-state index in [0.29, 0.717) is 11.5 Å². The summed E-state index contributed by atoms with van der Waals surface area (Å²) in [5.74, 6) is 0.708. The van der Waals surface area contributed by atoms with E-state index in [2.05, 4.69) is 25.0 Å². The van der Waals surface area contributed by atoms with Gasteiger partial charge in [0.2, 0.25) is 0 Å². The first-order chi connectivity index (χ1) is 9.85. The summed E-state index contributed by atoms with van der Waals surface area (Å²) in [6.45, 7) is 7.11. The molecule has 0 saturated carbocycles. The molecule has 2 N–H and O–H groups in total. The van der Waals surface area contributed by atoms with E-state index in [4.69, 9.17) is 6.57 Å². The molecule has 0 bridgehead atoms. The van der Waals surface area contributed by atoms with Crippen molar-refractivity contribution in [1.29, 1.82) is 0 Å². The summed E-state index contributed by atoms with van der Waals surface area (Å²) >= 11 is 0. The first-order valence-corrected chi connectivity index (χ1v) is 6.16. The number of hydrogen-bond acceptors (Lipinski definition) is 2. The second-order valence-corrected chi connectivity index (χ2v) is 4.52. The maximum atomic E-state index is 7.11. The number of benzene rings is 2. The van der Waals surface area contributed by atoms with Gasteiger partial charge >= 0.3 is 0 Å². The zero-order valence-corrected chi connectivity index (χ0v) is 10.4. The first-order valence-electron chi connectivity index (χ1n) is 6.16. The number of hydrogen-bond donors (Lipinski definition) is 2. The van der Waals surface area contributed by atoms with Crippen LogP contribution < -0.4 is 0 Å². The van der Waals surface area contributed by atoms with Crippen LogP contribution in [0.5, 0.6) is 0 Å². The second kappa shape index (κ2) is 3.93. The monoisotopic (exact) mass is 259 g/mol. The molecule has 0 radical (unpaired) electrons. The van der Waals surface area contributed by atoms with Crippen molar-refractivity contribution in [2.45, 2.75) is 0 Å². The quantitative estimate of drug-likeness (QED) is 0.512. The van der Waals surface area contributed by atoms with Crippen molar-refractivity contribution in [3.05, 3.63) is 53.9 Å². The van der Waals surface area contributed by atoms with Crippen molar-refractivity contribution in [2.75, 3.05) is 0 Å². The number of para-hydroxylation sites is 2. The summed E-state index contributed by atoms with van der Waals surface area (Å²) in [5, 5.41) is 8.18. The molecule has 5 nitrogen and oxygen atoms in total. The Morgan fingerprint density at radius 1 is 1.05 bits per heavy atom. The zero-order valence-electron chi connectivity index (χ0n) is 10.4. The minimum atomic E-state index is 0.594. The molecule has 0 unspecified atom stereocenters. The van der Waals surface area contributed by atoms with Gasteiger partial charge < -0.3 is 4.98 Å². The molecule has 0 saturated heterocycles. The van der Waals surface area contributed by atoms with Crippen LogP contribution in [0, 0.1) is 6.57 Å². The van der Waals surface area contributed by atoms with Crippen molar-refractivity contribution in [3.8, 4) is 11.5 Å². The van der Waals surface area contributed by atoms with Gasteiger partial charge in [-0.15, -0.1) is 0 Å². The van der Waals surface area contributed by atoms with E-state index < -0.39 is 0 Å². The van der Waals surface area contributed by atoms with E-state index in [9.17, 15) is 0 Å². The van der Waals surface area contributed by atoms with Crippen molar-refractivity contribution in [3.63, 3.8) is 0 Å². The van der Waals surface area contributed by atoms with E-state index in [-0.39, 0.29) is 0 Å². The van der Waals surface area contributed by atoms with Crippen molar-refractivity contribution >= 4 is 27.6 Å². The highest BCUT2D eigenvalue weighted by molar-refractivity contribution is 5.95. The molecule has 2 heterocycles. The van der Waals surface area contributed by atoms with Gasteiger partial charge in [0.1, 0.15) is 5.69 Å². The predicted octanol–water partition coefficient (Wildman–Crippen LogP) is 3.66. The van der Waals surface area contributed by atoms with Gasteiger partial charge in [-0.2, -0.15) is 5.10 Å². The summed E-state index contributed by atoms with van der Waals surface area (Å²) in [6, 6.07) is 13.3. The molecule has 0 atom stereocenters. The highest BCUT2D eigenvalue weighted by Crippen LogP contribution is 2.28. The molecule has 2 aromatic carbocycles. The van der Waals surface area contributed by atoms with Gasteiger partial charge in [-0.25, -0.2) is 9.83 Å². The lowest BCUT2D eigenvalue weighted by Gasteiger charge is -1.93. The largest absolute Gasteiger partial charge is 0.337 e. The summed E-state index contributed by atoms with van der Waals surface area (Å²) in [6.07, 6.45) is 0. The molecule has 4 aromatic rings. The van der Waals surface area contributed by atoms with Crippen LogP contribution in [0.15, 0.2) is 42.5 Å².